The molecule has 0 aromatic rings. The van der Waals surface area contributed by atoms with Gasteiger partial charge in [0.2, 0.25) is 0 Å². The number of nitrogens with two attached hydrogens (primary N) is 1. The highest BCUT2D eigenvalue weighted by Crippen LogP contribution is 2.18. The molecule has 0 spiro atoms. The zero-order valence-corrected chi connectivity index (χ0v) is 9.63. The SMILES string of the molecule is COCCC(C)(CN)N(C)C(C)C. The van der Waals surface area contributed by atoms with Crippen LogP contribution in [0.4, 0.5) is 0 Å². The molecule has 80 valence electrons. The average molecular weight is 188 g/mol. The van der Waals surface area contributed by atoms with E-state index in [0.717, 1.165) is 13.0 Å². The molecule has 0 aliphatic carbocycles. The van der Waals surface area contributed by atoms with E-state index in [4.69, 9.17) is 10.5 Å². The van der Waals surface area contributed by atoms with E-state index in [1.165, 1.54) is 0 Å². The monoisotopic (exact) mass is 188 g/mol. The van der Waals surface area contributed by atoms with E-state index < -0.39 is 0 Å². The third kappa shape index (κ3) is 3.63. The van der Waals surface area contributed by atoms with Gasteiger partial charge < -0.3 is 10.5 Å². The van der Waals surface area contributed by atoms with Gasteiger partial charge in [-0.3, -0.25) is 4.90 Å². The molecule has 0 bridgehead atoms. The highest BCUT2D eigenvalue weighted by molar-refractivity contribution is 4.86. The molecular weight excluding hydrogens is 164 g/mol. The van der Waals surface area contributed by atoms with E-state index in [9.17, 15) is 0 Å². The minimum absolute atomic E-state index is 0.0597. The number of nitrogens with zero attached hydrogens (tertiary/aromatic N) is 1. The minimum atomic E-state index is 0.0597. The minimum Gasteiger partial charge on any atom is -0.385 e. The van der Waals surface area contributed by atoms with Crippen LogP contribution in [0.2, 0.25) is 0 Å². The lowest BCUT2D eigenvalue weighted by atomic mass is 9.95. The first-order valence-corrected chi connectivity index (χ1v) is 4.90. The van der Waals surface area contributed by atoms with E-state index in [-0.39, 0.29) is 5.54 Å². The van der Waals surface area contributed by atoms with Crippen molar-refractivity contribution in [1.29, 1.82) is 0 Å². The summed E-state index contributed by atoms with van der Waals surface area (Å²) < 4.78 is 5.09. The van der Waals surface area contributed by atoms with Crippen molar-refractivity contribution in [1.82, 2.24) is 4.90 Å². The Hall–Kier alpha value is -0.120. The first kappa shape index (κ1) is 12.9. The molecule has 1 unspecified atom stereocenters. The number of hydrogen-bond donors (Lipinski definition) is 1. The van der Waals surface area contributed by atoms with Crippen molar-refractivity contribution in [2.45, 2.75) is 38.8 Å². The average Bonchev–Trinajstić information content (AvgIpc) is 2.12. The van der Waals surface area contributed by atoms with Gasteiger partial charge in [-0.25, -0.2) is 0 Å². The van der Waals surface area contributed by atoms with Gasteiger partial charge in [0.1, 0.15) is 0 Å². The second kappa shape index (κ2) is 5.58. The predicted molar refractivity (Wildman–Crippen MR) is 56.9 cm³/mol. The van der Waals surface area contributed by atoms with Crippen molar-refractivity contribution >= 4 is 0 Å². The molecule has 3 nitrogen and oxygen atoms in total. The fraction of sp³-hybridized carbons (Fsp3) is 1.00. The van der Waals surface area contributed by atoms with E-state index >= 15 is 0 Å². The zero-order chi connectivity index (χ0) is 10.5. The molecule has 0 saturated carbocycles. The lowest BCUT2D eigenvalue weighted by Gasteiger charge is -2.40. The van der Waals surface area contributed by atoms with Crippen LogP contribution in [0.15, 0.2) is 0 Å². The Morgan fingerprint density at radius 1 is 1.46 bits per heavy atom. The van der Waals surface area contributed by atoms with E-state index in [1.807, 2.05) is 0 Å². The summed E-state index contributed by atoms with van der Waals surface area (Å²) in [6.45, 7) is 7.99. The molecule has 0 heterocycles. The summed E-state index contributed by atoms with van der Waals surface area (Å²) in [6.07, 6.45) is 0.981. The van der Waals surface area contributed by atoms with Crippen LogP contribution >= 0.6 is 0 Å². The summed E-state index contributed by atoms with van der Waals surface area (Å²) >= 11 is 0. The Morgan fingerprint density at radius 3 is 2.31 bits per heavy atom. The smallest absolute Gasteiger partial charge is 0.0480 e. The number of likely N-dealkylation sites (N-methyl/N-ethyl adjacent to an activating group) is 1. The van der Waals surface area contributed by atoms with E-state index in [1.54, 1.807) is 7.11 Å². The normalized spacial score (nSPS) is 16.6. The van der Waals surface area contributed by atoms with Gasteiger partial charge in [-0.15, -0.1) is 0 Å². The lowest BCUT2D eigenvalue weighted by Crippen LogP contribution is -2.53. The second-order valence-electron chi connectivity index (χ2n) is 4.15. The molecule has 13 heavy (non-hydrogen) atoms. The van der Waals surface area contributed by atoms with Crippen LogP contribution in [-0.4, -0.2) is 43.8 Å². The highest BCUT2D eigenvalue weighted by Gasteiger charge is 2.28. The van der Waals surface area contributed by atoms with Gasteiger partial charge in [-0.05, 0) is 34.2 Å². The summed E-state index contributed by atoms with van der Waals surface area (Å²) in [5, 5.41) is 0. The quantitative estimate of drug-likeness (QED) is 0.678. The Bertz CT molecular complexity index is 139. The molecule has 0 aromatic heterocycles. The largest absolute Gasteiger partial charge is 0.385 e. The third-order valence-electron chi connectivity index (χ3n) is 2.91. The summed E-state index contributed by atoms with van der Waals surface area (Å²) in [7, 11) is 3.85. The second-order valence-corrected chi connectivity index (χ2v) is 4.15. The van der Waals surface area contributed by atoms with E-state index in [0.29, 0.717) is 12.6 Å². The van der Waals surface area contributed by atoms with Gasteiger partial charge in [-0.1, -0.05) is 0 Å². The predicted octanol–water partition coefficient (Wildman–Crippen LogP) is 1.08. The first-order valence-electron chi connectivity index (χ1n) is 4.90. The zero-order valence-electron chi connectivity index (χ0n) is 9.63. The molecule has 0 saturated heterocycles. The van der Waals surface area contributed by atoms with Crippen LogP contribution in [-0.2, 0) is 4.74 Å². The van der Waals surface area contributed by atoms with Crippen molar-refractivity contribution in [3.63, 3.8) is 0 Å². The maximum atomic E-state index is 5.79. The molecule has 0 fully saturated rings. The first-order chi connectivity index (χ1) is 5.98. The van der Waals surface area contributed by atoms with Gasteiger partial charge >= 0.3 is 0 Å². The molecule has 2 N–H and O–H groups in total. The van der Waals surface area contributed by atoms with Crippen molar-refractivity contribution in [2.24, 2.45) is 5.73 Å². The van der Waals surface area contributed by atoms with Crippen molar-refractivity contribution < 1.29 is 4.74 Å². The highest BCUT2D eigenvalue weighted by atomic mass is 16.5. The topological polar surface area (TPSA) is 38.5 Å². The van der Waals surface area contributed by atoms with Gasteiger partial charge in [-0.2, -0.15) is 0 Å². The van der Waals surface area contributed by atoms with Crippen LogP contribution in [0.5, 0.6) is 0 Å². The fourth-order valence-electron chi connectivity index (χ4n) is 1.37. The molecule has 0 aliphatic rings. The molecule has 0 amide bonds. The molecular formula is C10H24N2O. The Morgan fingerprint density at radius 2 is 2.00 bits per heavy atom. The van der Waals surface area contributed by atoms with Gasteiger partial charge in [0, 0.05) is 31.8 Å². The number of methoxy groups -OCH3 is 1. The van der Waals surface area contributed by atoms with Crippen LogP contribution < -0.4 is 5.73 Å². The summed E-state index contributed by atoms with van der Waals surface area (Å²) in [6, 6.07) is 0.519. The summed E-state index contributed by atoms with van der Waals surface area (Å²) in [5.41, 5.74) is 5.85. The van der Waals surface area contributed by atoms with E-state index in [2.05, 4.69) is 32.7 Å². The molecule has 0 aliphatic heterocycles. The van der Waals surface area contributed by atoms with Crippen LogP contribution in [0.25, 0.3) is 0 Å². The number of hydrogen-bond acceptors (Lipinski definition) is 3. The van der Waals surface area contributed by atoms with Crippen molar-refractivity contribution in [2.75, 3.05) is 27.3 Å². The fourth-order valence-corrected chi connectivity index (χ4v) is 1.37. The molecule has 3 heteroatoms. The Balaban J connectivity index is 4.24. The summed E-state index contributed by atoms with van der Waals surface area (Å²) in [4.78, 5) is 2.31. The number of ether oxygens (including phenoxy) is 1. The number of rotatable bonds is 6. The maximum Gasteiger partial charge on any atom is 0.0480 e. The van der Waals surface area contributed by atoms with Crippen molar-refractivity contribution in [3.8, 4) is 0 Å². The van der Waals surface area contributed by atoms with Gasteiger partial charge in [0.05, 0.1) is 0 Å². The van der Waals surface area contributed by atoms with Gasteiger partial charge in [0.15, 0.2) is 0 Å². The molecule has 1 atom stereocenters. The maximum absolute atomic E-state index is 5.79. The third-order valence-corrected chi connectivity index (χ3v) is 2.91. The molecule has 0 aromatic carbocycles. The standard InChI is InChI=1S/C10H24N2O/c1-9(2)12(4)10(3,8-11)6-7-13-5/h9H,6-8,11H2,1-5H3. The van der Waals surface area contributed by atoms with Gasteiger partial charge in [0.25, 0.3) is 0 Å². The van der Waals surface area contributed by atoms with Crippen LogP contribution in [0.3, 0.4) is 0 Å². The Labute approximate surface area is 82.2 Å². The molecule has 0 radical (unpaired) electrons. The molecule has 0 rings (SSSR count). The van der Waals surface area contributed by atoms with Crippen LogP contribution in [0.1, 0.15) is 27.2 Å². The lowest BCUT2D eigenvalue weighted by molar-refractivity contribution is 0.0675. The Kier molecular flexibility index (Phi) is 5.53. The van der Waals surface area contributed by atoms with Crippen molar-refractivity contribution in [3.05, 3.63) is 0 Å². The summed E-state index contributed by atoms with van der Waals surface area (Å²) in [5.74, 6) is 0. The van der Waals surface area contributed by atoms with Crippen LogP contribution in [0, 0.1) is 0 Å².